The number of hydrogen-bond donors (Lipinski definition) is 2. The molecule has 314 valence electrons. The number of nitrogens with zero attached hydrogens (tertiary/aromatic N) is 1. The van der Waals surface area contributed by atoms with Gasteiger partial charge in [0, 0.05) is 5.56 Å². The van der Waals surface area contributed by atoms with Gasteiger partial charge in [0.2, 0.25) is 0 Å². The van der Waals surface area contributed by atoms with Gasteiger partial charge in [0.15, 0.2) is 0 Å². The van der Waals surface area contributed by atoms with Crippen molar-refractivity contribution in [3.8, 4) is 77.9 Å². The van der Waals surface area contributed by atoms with Crippen LogP contribution in [0.25, 0.3) is 77.9 Å². The smallest absolute Gasteiger partial charge is 0.131 e. The molecule has 1 aliphatic heterocycles. The maximum atomic E-state index is 5.35. The van der Waals surface area contributed by atoms with E-state index in [4.69, 9.17) is 4.99 Å². The van der Waals surface area contributed by atoms with Crippen LogP contribution in [0.1, 0.15) is 29.0 Å². The molecule has 0 saturated heterocycles. The maximum Gasteiger partial charge on any atom is 0.131 e. The Morgan fingerprint density at radius 3 is 0.955 bits per heavy atom. The number of amidine groups is 1. The summed E-state index contributed by atoms with van der Waals surface area (Å²) in [7, 11) is 0. The van der Waals surface area contributed by atoms with E-state index in [2.05, 4.69) is 271 Å². The quantitative estimate of drug-likeness (QED) is 0.144. The Kier molecular flexibility index (Phi) is 11.3. The molecule has 2 atom stereocenters. The molecule has 66 heavy (non-hydrogen) atoms. The second-order valence-corrected chi connectivity index (χ2v) is 16.9. The normalized spacial score (nSPS) is 14.5. The largest absolute Gasteiger partial charge is 0.350 e. The molecule has 0 aliphatic carbocycles. The van der Waals surface area contributed by atoms with Crippen molar-refractivity contribution in [2.75, 3.05) is 0 Å². The third-order valence-electron chi connectivity index (χ3n) is 12.6. The number of rotatable bonds is 10. The summed E-state index contributed by atoms with van der Waals surface area (Å²) >= 11 is 0. The van der Waals surface area contributed by atoms with Crippen LogP contribution >= 0.6 is 0 Å². The van der Waals surface area contributed by atoms with E-state index in [-0.39, 0.29) is 12.3 Å². The molecule has 3 nitrogen and oxygen atoms in total. The zero-order chi connectivity index (χ0) is 44.1. The van der Waals surface area contributed by atoms with Gasteiger partial charge in [-0.1, -0.05) is 231 Å². The molecule has 3 heteroatoms. The Morgan fingerprint density at radius 2 is 0.545 bits per heavy atom. The maximum absolute atomic E-state index is 5.35. The molecule has 10 aromatic carbocycles. The van der Waals surface area contributed by atoms with Gasteiger partial charge in [-0.15, -0.1) is 0 Å². The number of aliphatic imine (C=N–C) groups is 1. The van der Waals surface area contributed by atoms with Gasteiger partial charge in [-0.2, -0.15) is 0 Å². The lowest BCUT2D eigenvalue weighted by Gasteiger charge is -2.32. The van der Waals surface area contributed by atoms with Crippen LogP contribution in [0.4, 0.5) is 0 Å². The minimum Gasteiger partial charge on any atom is -0.350 e. The van der Waals surface area contributed by atoms with Crippen molar-refractivity contribution in [3.63, 3.8) is 0 Å². The van der Waals surface area contributed by atoms with Crippen molar-refractivity contribution < 1.29 is 0 Å². The predicted molar refractivity (Wildman–Crippen MR) is 276 cm³/mol. The molecule has 0 fully saturated rings. The standard InChI is InChI=1S/C63H47N3/c1-4-15-44(16-5-1)51-21-10-26-56(39-51)58-28-12-23-53(41-58)47-31-35-49(36-32-47)61-64-62(66-63(65-61)60-30-14-25-55(43-60)46-19-8-3-9-20-46)50-37-33-48(34-38-50)54-24-13-29-59(42-54)57-27-11-22-52(40-57)45-17-6-2-7-18-45/h1-43,61,63,65H,(H,64,66). The summed E-state index contributed by atoms with van der Waals surface area (Å²) in [6, 6.07) is 93.4. The van der Waals surface area contributed by atoms with Crippen LogP contribution in [0.15, 0.2) is 266 Å². The third kappa shape index (κ3) is 8.76. The monoisotopic (exact) mass is 845 g/mol. The minimum atomic E-state index is -0.277. The van der Waals surface area contributed by atoms with Gasteiger partial charge < -0.3 is 5.32 Å². The van der Waals surface area contributed by atoms with Gasteiger partial charge in [0.1, 0.15) is 18.2 Å². The highest BCUT2D eigenvalue weighted by Gasteiger charge is 2.26. The van der Waals surface area contributed by atoms with Gasteiger partial charge in [-0.25, -0.2) is 4.99 Å². The summed E-state index contributed by atoms with van der Waals surface area (Å²) in [6.45, 7) is 0. The summed E-state index contributed by atoms with van der Waals surface area (Å²) < 4.78 is 0. The van der Waals surface area contributed by atoms with Gasteiger partial charge in [0.25, 0.3) is 0 Å². The highest BCUT2D eigenvalue weighted by atomic mass is 15.3. The molecule has 10 aromatic rings. The molecule has 0 amide bonds. The van der Waals surface area contributed by atoms with Crippen molar-refractivity contribution in [3.05, 3.63) is 278 Å². The number of nitrogens with one attached hydrogen (secondary N) is 2. The van der Waals surface area contributed by atoms with Gasteiger partial charge in [-0.3, -0.25) is 5.32 Å². The Balaban J connectivity index is 0.879. The van der Waals surface area contributed by atoms with Gasteiger partial charge in [0.05, 0.1) is 0 Å². The molecule has 0 bridgehead atoms. The average molecular weight is 846 g/mol. The highest BCUT2D eigenvalue weighted by molar-refractivity contribution is 6.00. The lowest BCUT2D eigenvalue weighted by Crippen LogP contribution is -2.44. The molecule has 1 aliphatic rings. The average Bonchev–Trinajstić information content (AvgIpc) is 3.42. The highest BCUT2D eigenvalue weighted by Crippen LogP contribution is 2.34. The first-order chi connectivity index (χ1) is 32.7. The van der Waals surface area contributed by atoms with Gasteiger partial charge >= 0.3 is 0 Å². The molecule has 2 N–H and O–H groups in total. The molecule has 2 unspecified atom stereocenters. The molecule has 1 heterocycles. The summed E-state index contributed by atoms with van der Waals surface area (Å²) in [5.74, 6) is 0.849. The third-order valence-corrected chi connectivity index (χ3v) is 12.6. The Hall–Kier alpha value is -8.37. The van der Waals surface area contributed by atoms with Crippen LogP contribution in [0, 0.1) is 0 Å². The van der Waals surface area contributed by atoms with E-state index in [1.54, 1.807) is 0 Å². The molecule has 0 saturated carbocycles. The summed E-state index contributed by atoms with van der Waals surface area (Å²) in [4.78, 5) is 5.35. The zero-order valence-corrected chi connectivity index (χ0v) is 36.4. The minimum absolute atomic E-state index is 0.188. The van der Waals surface area contributed by atoms with Crippen molar-refractivity contribution in [2.45, 2.75) is 12.3 Å². The lowest BCUT2D eigenvalue weighted by atomic mass is 9.95. The van der Waals surface area contributed by atoms with Crippen LogP contribution in [0.5, 0.6) is 0 Å². The molecular weight excluding hydrogens is 799 g/mol. The van der Waals surface area contributed by atoms with Crippen LogP contribution in [-0.4, -0.2) is 5.84 Å². The molecule has 11 rings (SSSR count). The van der Waals surface area contributed by atoms with E-state index in [9.17, 15) is 0 Å². The Labute approximate surface area is 387 Å². The first-order valence-corrected chi connectivity index (χ1v) is 22.7. The van der Waals surface area contributed by atoms with Crippen LogP contribution in [-0.2, 0) is 0 Å². The molecular formula is C63H47N3. The SMILES string of the molecule is c1ccc(-c2cccc(-c3cccc(-c4ccc(C5=NC(c6cccc(-c7ccccc7)c6)NC(c6ccc(-c7cccc(-c8cccc(-c9ccccc9)c8)c7)cc6)N5)cc4)c3)c2)cc1. The first kappa shape index (κ1) is 40.4. The van der Waals surface area contributed by atoms with Crippen molar-refractivity contribution >= 4 is 5.84 Å². The predicted octanol–water partition coefficient (Wildman–Crippen LogP) is 15.7. The van der Waals surface area contributed by atoms with E-state index < -0.39 is 0 Å². The number of hydrogen-bond acceptors (Lipinski definition) is 3. The van der Waals surface area contributed by atoms with Crippen LogP contribution < -0.4 is 10.6 Å². The second-order valence-electron chi connectivity index (χ2n) is 16.9. The first-order valence-electron chi connectivity index (χ1n) is 22.7. The summed E-state index contributed by atoms with van der Waals surface area (Å²) in [5, 5.41) is 7.64. The fraction of sp³-hybridized carbons (Fsp3) is 0.0317. The topological polar surface area (TPSA) is 36.4 Å². The van der Waals surface area contributed by atoms with E-state index in [0.717, 1.165) is 28.1 Å². The van der Waals surface area contributed by atoms with Crippen LogP contribution in [0.3, 0.4) is 0 Å². The van der Waals surface area contributed by atoms with Crippen molar-refractivity contribution in [2.24, 2.45) is 4.99 Å². The van der Waals surface area contributed by atoms with E-state index >= 15 is 0 Å². The summed E-state index contributed by atoms with van der Waals surface area (Å²) in [5.41, 5.74) is 19.9. The Morgan fingerprint density at radius 1 is 0.242 bits per heavy atom. The molecule has 0 spiro atoms. The number of benzene rings is 10. The van der Waals surface area contributed by atoms with Gasteiger partial charge in [-0.05, 0) is 119 Å². The van der Waals surface area contributed by atoms with E-state index in [0.29, 0.717) is 0 Å². The van der Waals surface area contributed by atoms with Crippen LogP contribution in [0.2, 0.25) is 0 Å². The molecule has 0 aromatic heterocycles. The molecule has 0 radical (unpaired) electrons. The lowest BCUT2D eigenvalue weighted by molar-refractivity contribution is 0.409. The van der Waals surface area contributed by atoms with Crippen molar-refractivity contribution in [1.29, 1.82) is 0 Å². The second kappa shape index (κ2) is 18.4. The van der Waals surface area contributed by atoms with E-state index in [1.807, 2.05) is 0 Å². The fourth-order valence-corrected chi connectivity index (χ4v) is 9.03. The summed E-state index contributed by atoms with van der Waals surface area (Å²) in [6.07, 6.45) is -0.465. The van der Waals surface area contributed by atoms with Crippen molar-refractivity contribution in [1.82, 2.24) is 10.6 Å². The fourth-order valence-electron chi connectivity index (χ4n) is 9.03. The van der Waals surface area contributed by atoms with E-state index in [1.165, 1.54) is 72.3 Å². The Bertz CT molecular complexity index is 3290. The zero-order valence-electron chi connectivity index (χ0n) is 36.4.